The first kappa shape index (κ1) is 22.6. The molecule has 0 unspecified atom stereocenters. The molecule has 0 radical (unpaired) electrons. The molecule has 0 spiro atoms. The number of hydrogen-bond donors (Lipinski definition) is 2. The molecular formula is C21H27N5O4S. The Balaban J connectivity index is 1.90. The van der Waals surface area contributed by atoms with Crippen LogP contribution in [0.2, 0.25) is 0 Å². The number of ether oxygens (including phenoxy) is 1. The number of carbonyl (C=O) groups excluding carboxylic acids is 1. The Bertz CT molecular complexity index is 1220. The molecule has 166 valence electrons. The molecule has 1 amide bonds. The molecule has 0 aliphatic rings. The average Bonchev–Trinajstić information content (AvgIpc) is 3.24. The number of amides is 1. The monoisotopic (exact) mass is 445 g/mol. The van der Waals surface area contributed by atoms with Crippen molar-refractivity contribution < 1.29 is 17.9 Å². The molecule has 9 nitrogen and oxygen atoms in total. The Hall–Kier alpha value is -3.11. The molecule has 2 heterocycles. The Morgan fingerprint density at radius 3 is 2.77 bits per heavy atom. The van der Waals surface area contributed by atoms with Crippen LogP contribution in [-0.2, 0) is 22.1 Å². The summed E-state index contributed by atoms with van der Waals surface area (Å²) in [5.74, 6) is 0.731. The lowest BCUT2D eigenvalue weighted by molar-refractivity contribution is -0.114. The molecule has 3 aromatic rings. The second-order valence-electron chi connectivity index (χ2n) is 7.11. The van der Waals surface area contributed by atoms with Crippen LogP contribution in [0.25, 0.3) is 22.8 Å². The molecule has 0 fully saturated rings. The van der Waals surface area contributed by atoms with Crippen LogP contribution in [0.4, 0.5) is 0 Å². The molecule has 0 saturated carbocycles. The van der Waals surface area contributed by atoms with Gasteiger partial charge in [-0.15, -0.1) is 0 Å². The van der Waals surface area contributed by atoms with Gasteiger partial charge in [0.05, 0.1) is 18.3 Å². The van der Waals surface area contributed by atoms with Crippen LogP contribution in [0, 0.1) is 6.92 Å². The molecule has 31 heavy (non-hydrogen) atoms. The van der Waals surface area contributed by atoms with Crippen molar-refractivity contribution in [2.24, 2.45) is 7.05 Å². The second-order valence-corrected chi connectivity index (χ2v) is 8.61. The van der Waals surface area contributed by atoms with Gasteiger partial charge in [-0.2, -0.15) is 18.2 Å². The summed E-state index contributed by atoms with van der Waals surface area (Å²) in [6.07, 6.45) is 6.22. The van der Waals surface area contributed by atoms with E-state index in [2.05, 4.69) is 9.82 Å². The molecule has 3 rings (SSSR count). The standard InChI is InChI=1S/C21H27N5O4S/c1-5-6-12-22-31(28,29)24-20(27)10-9-18-15(2)23-25(3)21(18)26-13-11-16-7-8-17(30-4)14-19(16)26/h7-11,13-14,22H,5-6,12H2,1-4H3,(H,24,27). The summed E-state index contributed by atoms with van der Waals surface area (Å²) in [4.78, 5) is 12.2. The van der Waals surface area contributed by atoms with Gasteiger partial charge in [0.1, 0.15) is 11.6 Å². The van der Waals surface area contributed by atoms with Crippen LogP contribution < -0.4 is 14.2 Å². The summed E-state index contributed by atoms with van der Waals surface area (Å²) in [5, 5.41) is 5.49. The summed E-state index contributed by atoms with van der Waals surface area (Å²) in [6, 6.07) is 7.76. The van der Waals surface area contributed by atoms with Gasteiger partial charge >= 0.3 is 10.2 Å². The third-order valence-corrected chi connectivity index (χ3v) is 5.88. The molecule has 0 saturated heterocycles. The zero-order valence-electron chi connectivity index (χ0n) is 18.0. The number of nitrogens with zero attached hydrogens (tertiary/aromatic N) is 3. The lowest BCUT2D eigenvalue weighted by Crippen LogP contribution is -2.39. The average molecular weight is 446 g/mol. The van der Waals surface area contributed by atoms with E-state index in [9.17, 15) is 13.2 Å². The van der Waals surface area contributed by atoms with Gasteiger partial charge in [0.15, 0.2) is 0 Å². The fraction of sp³-hybridized carbons (Fsp3) is 0.333. The first-order valence-electron chi connectivity index (χ1n) is 9.94. The number of rotatable bonds is 9. The molecular weight excluding hydrogens is 418 g/mol. The number of unbranched alkanes of at least 4 members (excludes halogenated alkanes) is 1. The second kappa shape index (κ2) is 9.36. The minimum atomic E-state index is -3.89. The maximum absolute atomic E-state index is 12.2. The number of aryl methyl sites for hydroxylation is 2. The highest BCUT2D eigenvalue weighted by Gasteiger charge is 2.16. The van der Waals surface area contributed by atoms with Crippen molar-refractivity contribution in [1.82, 2.24) is 23.8 Å². The largest absolute Gasteiger partial charge is 0.497 e. The Morgan fingerprint density at radius 2 is 2.06 bits per heavy atom. The minimum Gasteiger partial charge on any atom is -0.497 e. The lowest BCUT2D eigenvalue weighted by atomic mass is 10.2. The smallest absolute Gasteiger partial charge is 0.301 e. The van der Waals surface area contributed by atoms with E-state index in [1.807, 2.05) is 60.6 Å². The quantitative estimate of drug-likeness (QED) is 0.389. The number of aromatic nitrogens is 3. The van der Waals surface area contributed by atoms with Gasteiger partial charge in [0.25, 0.3) is 5.91 Å². The van der Waals surface area contributed by atoms with Crippen molar-refractivity contribution in [1.29, 1.82) is 0 Å². The van der Waals surface area contributed by atoms with E-state index in [-0.39, 0.29) is 6.54 Å². The van der Waals surface area contributed by atoms with Crippen LogP contribution >= 0.6 is 0 Å². The van der Waals surface area contributed by atoms with Crippen molar-refractivity contribution in [3.05, 3.63) is 47.8 Å². The van der Waals surface area contributed by atoms with Crippen molar-refractivity contribution in [3.8, 4) is 11.6 Å². The van der Waals surface area contributed by atoms with E-state index in [0.717, 1.165) is 28.9 Å². The zero-order chi connectivity index (χ0) is 22.6. The van der Waals surface area contributed by atoms with Crippen molar-refractivity contribution in [2.45, 2.75) is 26.7 Å². The van der Waals surface area contributed by atoms with E-state index >= 15 is 0 Å². The van der Waals surface area contributed by atoms with Gasteiger partial charge in [-0.05, 0) is 37.6 Å². The summed E-state index contributed by atoms with van der Waals surface area (Å²) in [7, 11) is -0.468. The zero-order valence-corrected chi connectivity index (χ0v) is 18.9. The maximum Gasteiger partial charge on any atom is 0.301 e. The van der Waals surface area contributed by atoms with E-state index in [0.29, 0.717) is 17.7 Å². The third kappa shape index (κ3) is 5.15. The van der Waals surface area contributed by atoms with Crippen LogP contribution in [0.3, 0.4) is 0 Å². The van der Waals surface area contributed by atoms with Gasteiger partial charge in [0.2, 0.25) is 0 Å². The number of nitrogens with one attached hydrogen (secondary N) is 2. The number of hydrogen-bond acceptors (Lipinski definition) is 5. The molecule has 0 aliphatic carbocycles. The van der Waals surface area contributed by atoms with Crippen LogP contribution in [0.1, 0.15) is 31.0 Å². The highest BCUT2D eigenvalue weighted by Crippen LogP contribution is 2.28. The van der Waals surface area contributed by atoms with E-state index in [1.165, 1.54) is 6.08 Å². The van der Waals surface area contributed by atoms with Gasteiger partial charge in [0, 0.05) is 42.9 Å². The van der Waals surface area contributed by atoms with Crippen molar-refractivity contribution in [3.63, 3.8) is 0 Å². The normalized spacial score (nSPS) is 12.0. The highest BCUT2D eigenvalue weighted by atomic mass is 32.2. The Labute approximate surface area is 181 Å². The minimum absolute atomic E-state index is 0.277. The maximum atomic E-state index is 12.2. The SMILES string of the molecule is CCCCNS(=O)(=O)NC(=O)C=Cc1c(C)nn(C)c1-n1ccc2ccc(OC)cc21. The van der Waals surface area contributed by atoms with E-state index in [1.54, 1.807) is 17.9 Å². The van der Waals surface area contributed by atoms with Gasteiger partial charge < -0.3 is 9.30 Å². The van der Waals surface area contributed by atoms with E-state index < -0.39 is 16.1 Å². The fourth-order valence-corrected chi connectivity index (χ4v) is 4.13. The number of methoxy groups -OCH3 is 1. The summed E-state index contributed by atoms with van der Waals surface area (Å²) >= 11 is 0. The third-order valence-electron chi connectivity index (χ3n) is 4.82. The molecule has 0 aliphatic heterocycles. The predicted molar refractivity (Wildman–Crippen MR) is 120 cm³/mol. The Kier molecular flexibility index (Phi) is 6.81. The van der Waals surface area contributed by atoms with Crippen LogP contribution in [0.15, 0.2) is 36.5 Å². The Morgan fingerprint density at radius 1 is 1.29 bits per heavy atom. The first-order chi connectivity index (χ1) is 14.8. The van der Waals surface area contributed by atoms with Crippen molar-refractivity contribution in [2.75, 3.05) is 13.7 Å². The highest BCUT2D eigenvalue weighted by molar-refractivity contribution is 7.88. The number of benzene rings is 1. The number of fused-ring (bicyclic) bond motifs is 1. The molecule has 10 heteroatoms. The number of carbonyl (C=O) groups is 1. The van der Waals surface area contributed by atoms with Crippen molar-refractivity contribution >= 4 is 33.1 Å². The fourth-order valence-electron chi connectivity index (χ4n) is 3.31. The summed E-state index contributed by atoms with van der Waals surface area (Å²) < 4.78 is 37.3. The molecule has 0 bridgehead atoms. The predicted octanol–water partition coefficient (Wildman–Crippen LogP) is 2.44. The topological polar surface area (TPSA) is 107 Å². The first-order valence-corrected chi connectivity index (χ1v) is 11.4. The van der Waals surface area contributed by atoms with Gasteiger partial charge in [-0.25, -0.2) is 4.72 Å². The van der Waals surface area contributed by atoms with Crippen LogP contribution in [0.5, 0.6) is 5.75 Å². The summed E-state index contributed by atoms with van der Waals surface area (Å²) in [6.45, 7) is 4.06. The lowest BCUT2D eigenvalue weighted by Gasteiger charge is -2.09. The molecule has 1 aromatic carbocycles. The molecule has 2 N–H and O–H groups in total. The molecule has 0 atom stereocenters. The van der Waals surface area contributed by atoms with Crippen LogP contribution in [-0.4, -0.2) is 42.3 Å². The van der Waals surface area contributed by atoms with Gasteiger partial charge in [-0.1, -0.05) is 13.3 Å². The van der Waals surface area contributed by atoms with E-state index in [4.69, 9.17) is 4.74 Å². The molecule has 2 aromatic heterocycles. The van der Waals surface area contributed by atoms with Gasteiger partial charge in [-0.3, -0.25) is 9.48 Å². The summed E-state index contributed by atoms with van der Waals surface area (Å²) in [5.41, 5.74) is 2.33.